The van der Waals surface area contributed by atoms with Crippen LogP contribution in [0.25, 0.3) is 0 Å². The first-order chi connectivity index (χ1) is 8.43. The van der Waals surface area contributed by atoms with Gasteiger partial charge in [-0.1, -0.05) is 37.3 Å². The molecule has 0 aliphatic carbocycles. The molecule has 1 atom stereocenters. The van der Waals surface area contributed by atoms with Gasteiger partial charge in [0.2, 0.25) is 0 Å². The Labute approximate surface area is 111 Å². The van der Waals surface area contributed by atoms with Crippen molar-refractivity contribution >= 4 is 5.91 Å². The lowest BCUT2D eigenvalue weighted by Gasteiger charge is -2.27. The van der Waals surface area contributed by atoms with E-state index in [0.29, 0.717) is 11.5 Å². The Kier molecular flexibility index (Phi) is 5.39. The Balaban J connectivity index is 2.66. The third-order valence-corrected chi connectivity index (χ3v) is 3.74. The molecule has 1 aliphatic rings. The third kappa shape index (κ3) is 3.86. The van der Waals surface area contributed by atoms with Gasteiger partial charge in [0.05, 0.1) is 0 Å². The molecule has 1 aliphatic heterocycles. The number of carbonyl (C=O) groups is 1. The zero-order valence-electron chi connectivity index (χ0n) is 12.0. The van der Waals surface area contributed by atoms with Crippen molar-refractivity contribution in [2.24, 2.45) is 5.92 Å². The molecular formula is C16H25NO. The summed E-state index contributed by atoms with van der Waals surface area (Å²) in [6.07, 6.45) is 5.38. The van der Waals surface area contributed by atoms with Crippen LogP contribution in [-0.4, -0.2) is 23.9 Å². The highest BCUT2D eigenvalue weighted by Gasteiger charge is 2.18. The number of nitrogens with zero attached hydrogens (tertiary/aromatic N) is 1. The second kappa shape index (κ2) is 6.58. The molecule has 0 N–H and O–H groups in total. The summed E-state index contributed by atoms with van der Waals surface area (Å²) in [7, 11) is 0. The molecule has 2 heteroatoms. The molecule has 1 unspecified atom stereocenters. The fourth-order valence-electron chi connectivity index (χ4n) is 2.15. The van der Waals surface area contributed by atoms with Gasteiger partial charge in [0.15, 0.2) is 0 Å². The maximum absolute atomic E-state index is 12.2. The van der Waals surface area contributed by atoms with Crippen molar-refractivity contribution in [3.05, 3.63) is 36.0 Å². The van der Waals surface area contributed by atoms with Crippen LogP contribution in [0.1, 0.15) is 40.0 Å². The summed E-state index contributed by atoms with van der Waals surface area (Å²) in [5.74, 6) is 0.388. The normalized spacial score (nSPS) is 18.4. The van der Waals surface area contributed by atoms with Crippen LogP contribution in [0.4, 0.5) is 0 Å². The van der Waals surface area contributed by atoms with Gasteiger partial charge in [-0.3, -0.25) is 4.79 Å². The Morgan fingerprint density at radius 2 is 1.72 bits per heavy atom. The van der Waals surface area contributed by atoms with Crippen LogP contribution in [0.2, 0.25) is 0 Å². The van der Waals surface area contributed by atoms with Crippen LogP contribution in [0.3, 0.4) is 0 Å². The second-order valence-electron chi connectivity index (χ2n) is 5.33. The zero-order chi connectivity index (χ0) is 13.7. The molecule has 0 saturated carbocycles. The monoisotopic (exact) mass is 247 g/mol. The van der Waals surface area contributed by atoms with Crippen LogP contribution in [0.5, 0.6) is 0 Å². The summed E-state index contributed by atoms with van der Waals surface area (Å²) in [6, 6.07) is 0. The summed E-state index contributed by atoms with van der Waals surface area (Å²) in [6.45, 7) is 15.8. The minimum atomic E-state index is 0.0861. The summed E-state index contributed by atoms with van der Waals surface area (Å²) < 4.78 is 0. The van der Waals surface area contributed by atoms with Crippen LogP contribution >= 0.6 is 0 Å². The van der Waals surface area contributed by atoms with Crippen LogP contribution in [-0.2, 0) is 4.79 Å². The van der Waals surface area contributed by atoms with Crippen molar-refractivity contribution in [2.45, 2.75) is 40.0 Å². The van der Waals surface area contributed by atoms with Gasteiger partial charge in [-0.15, -0.1) is 0 Å². The number of amides is 1. The summed E-state index contributed by atoms with van der Waals surface area (Å²) in [5.41, 5.74) is 2.86. The quantitative estimate of drug-likeness (QED) is 0.421. The van der Waals surface area contributed by atoms with E-state index >= 15 is 0 Å². The molecule has 1 heterocycles. The fraction of sp³-hybridized carbons (Fsp3) is 0.562. The molecule has 0 aromatic heterocycles. The number of rotatable bonds is 4. The van der Waals surface area contributed by atoms with E-state index in [0.717, 1.165) is 37.1 Å². The lowest BCUT2D eigenvalue weighted by molar-refractivity contribution is -0.127. The van der Waals surface area contributed by atoms with Crippen molar-refractivity contribution in [3.63, 3.8) is 0 Å². The molecule has 0 bridgehead atoms. The number of allylic oxidation sites excluding steroid dienone is 2. The van der Waals surface area contributed by atoms with Gasteiger partial charge in [-0.2, -0.15) is 0 Å². The smallest absolute Gasteiger partial charge is 0.253 e. The lowest BCUT2D eigenvalue weighted by atomic mass is 9.94. The first-order valence-corrected chi connectivity index (χ1v) is 6.75. The fourth-order valence-corrected chi connectivity index (χ4v) is 2.15. The topological polar surface area (TPSA) is 20.3 Å². The molecule has 1 amide bonds. The van der Waals surface area contributed by atoms with Crippen LogP contribution < -0.4 is 0 Å². The number of piperidine rings is 1. The van der Waals surface area contributed by atoms with Gasteiger partial charge in [0, 0.05) is 18.7 Å². The summed E-state index contributed by atoms with van der Waals surface area (Å²) in [4.78, 5) is 14.1. The first-order valence-electron chi connectivity index (χ1n) is 6.75. The minimum Gasteiger partial charge on any atom is -0.339 e. The molecule has 100 valence electrons. The van der Waals surface area contributed by atoms with Crippen molar-refractivity contribution in [2.75, 3.05) is 13.1 Å². The average Bonchev–Trinajstić information content (AvgIpc) is 2.37. The maximum Gasteiger partial charge on any atom is 0.253 e. The number of hydrogen-bond donors (Lipinski definition) is 0. The minimum absolute atomic E-state index is 0.0861. The molecular weight excluding hydrogens is 222 g/mol. The van der Waals surface area contributed by atoms with E-state index < -0.39 is 0 Å². The van der Waals surface area contributed by atoms with Gasteiger partial charge in [0.1, 0.15) is 0 Å². The van der Waals surface area contributed by atoms with Gasteiger partial charge in [-0.25, -0.2) is 0 Å². The number of likely N-dealkylation sites (tertiary alicyclic amines) is 1. The highest BCUT2D eigenvalue weighted by molar-refractivity contribution is 5.95. The van der Waals surface area contributed by atoms with E-state index in [1.165, 1.54) is 6.42 Å². The Hall–Kier alpha value is -1.31. The number of carbonyl (C=O) groups excluding carboxylic acids is 1. The van der Waals surface area contributed by atoms with Gasteiger partial charge in [-0.05, 0) is 39.0 Å². The van der Waals surface area contributed by atoms with Gasteiger partial charge >= 0.3 is 0 Å². The molecule has 1 rings (SSSR count). The van der Waals surface area contributed by atoms with Crippen molar-refractivity contribution in [3.8, 4) is 0 Å². The van der Waals surface area contributed by atoms with E-state index in [9.17, 15) is 4.79 Å². The van der Waals surface area contributed by atoms with E-state index in [1.54, 1.807) is 0 Å². The highest BCUT2D eigenvalue weighted by Crippen LogP contribution is 2.20. The predicted octanol–water partition coefficient (Wildman–Crippen LogP) is 3.71. The molecule has 18 heavy (non-hydrogen) atoms. The van der Waals surface area contributed by atoms with Crippen molar-refractivity contribution < 1.29 is 4.79 Å². The summed E-state index contributed by atoms with van der Waals surface area (Å²) >= 11 is 0. The second-order valence-corrected chi connectivity index (χ2v) is 5.33. The molecule has 2 nitrogen and oxygen atoms in total. The van der Waals surface area contributed by atoms with Crippen molar-refractivity contribution in [1.82, 2.24) is 4.90 Å². The van der Waals surface area contributed by atoms with E-state index in [2.05, 4.69) is 20.1 Å². The van der Waals surface area contributed by atoms with Crippen LogP contribution in [0.15, 0.2) is 36.0 Å². The highest BCUT2D eigenvalue weighted by atomic mass is 16.2. The standard InChI is InChI=1S/C16H25NO/c1-12(2)15(5)13(3)11-14(4)16(18)17-9-7-6-8-10-17/h11,15H,1,4,6-10H2,2-3,5H3/b13-11+. The molecule has 0 radical (unpaired) electrons. The van der Waals surface area contributed by atoms with Crippen LogP contribution in [0, 0.1) is 5.92 Å². The Bertz CT molecular complexity index is 373. The van der Waals surface area contributed by atoms with E-state index in [-0.39, 0.29) is 5.91 Å². The van der Waals surface area contributed by atoms with Gasteiger partial charge < -0.3 is 4.90 Å². The molecule has 0 spiro atoms. The lowest BCUT2D eigenvalue weighted by Crippen LogP contribution is -2.36. The Morgan fingerprint density at radius 1 is 1.17 bits per heavy atom. The van der Waals surface area contributed by atoms with Crippen molar-refractivity contribution in [1.29, 1.82) is 0 Å². The Morgan fingerprint density at radius 3 is 2.22 bits per heavy atom. The largest absolute Gasteiger partial charge is 0.339 e. The number of hydrogen-bond acceptors (Lipinski definition) is 1. The first kappa shape index (κ1) is 14.7. The van der Waals surface area contributed by atoms with Gasteiger partial charge in [0.25, 0.3) is 5.91 Å². The zero-order valence-corrected chi connectivity index (χ0v) is 12.0. The molecule has 1 saturated heterocycles. The van der Waals surface area contributed by atoms with E-state index in [4.69, 9.17) is 0 Å². The average molecular weight is 247 g/mol. The predicted molar refractivity (Wildman–Crippen MR) is 77.3 cm³/mol. The van der Waals surface area contributed by atoms with E-state index in [1.807, 2.05) is 24.8 Å². The SMILES string of the molecule is C=C(/C=C(\C)C(C)C(=C)C)C(=O)N1CCCCC1. The summed E-state index contributed by atoms with van der Waals surface area (Å²) in [5, 5.41) is 0. The third-order valence-electron chi connectivity index (χ3n) is 3.74. The maximum atomic E-state index is 12.2. The molecule has 0 aromatic carbocycles. The molecule has 0 aromatic rings. The molecule has 1 fully saturated rings.